The number of anilines is 2. The van der Waals surface area contributed by atoms with Crippen molar-refractivity contribution in [3.05, 3.63) is 112 Å². The number of aliphatic hydroxyl groups is 1. The Kier molecular flexibility index (Phi) is 9.84. The molecule has 2 fully saturated rings. The van der Waals surface area contributed by atoms with Gasteiger partial charge in [0.1, 0.15) is 44.0 Å². The lowest BCUT2D eigenvalue weighted by Gasteiger charge is -2.37. The molecule has 0 unspecified atom stereocenters. The predicted molar refractivity (Wildman–Crippen MR) is 190 cm³/mol. The van der Waals surface area contributed by atoms with Crippen LogP contribution >= 0.6 is 23.2 Å². The van der Waals surface area contributed by atoms with Crippen molar-refractivity contribution >= 4 is 34.6 Å². The Labute approximate surface area is 299 Å². The number of rotatable bonds is 11. The number of hydrogen-bond acceptors (Lipinski definition) is 10. The molecule has 2 aliphatic rings. The van der Waals surface area contributed by atoms with E-state index in [2.05, 4.69) is 37.1 Å². The smallest absolute Gasteiger partial charge is 0.350 e. The van der Waals surface area contributed by atoms with Crippen LogP contribution in [0.4, 0.5) is 11.4 Å². The number of benzene rings is 3. The lowest BCUT2D eigenvalue weighted by Crippen LogP contribution is -2.46. The van der Waals surface area contributed by atoms with Crippen molar-refractivity contribution in [2.45, 2.75) is 44.4 Å². The van der Waals surface area contributed by atoms with E-state index in [1.807, 2.05) is 42.5 Å². The molecule has 262 valence electrons. The molecule has 13 nitrogen and oxygen atoms in total. The monoisotopic (exact) mass is 720 g/mol. The summed E-state index contributed by atoms with van der Waals surface area (Å²) < 4.78 is 23.3. The maximum atomic E-state index is 12.8. The normalized spacial score (nSPS) is 20.6. The van der Waals surface area contributed by atoms with E-state index in [9.17, 15) is 9.90 Å². The van der Waals surface area contributed by atoms with Gasteiger partial charge in [0.05, 0.1) is 29.5 Å². The van der Waals surface area contributed by atoms with Gasteiger partial charge in [0.2, 0.25) is 5.79 Å². The second kappa shape index (κ2) is 14.4. The molecule has 3 aromatic carbocycles. The van der Waals surface area contributed by atoms with Crippen LogP contribution in [-0.2, 0) is 21.8 Å². The van der Waals surface area contributed by atoms with E-state index in [1.54, 1.807) is 37.0 Å². The van der Waals surface area contributed by atoms with Crippen molar-refractivity contribution in [2.24, 2.45) is 0 Å². The quantitative estimate of drug-likeness (QED) is 0.208. The lowest BCUT2D eigenvalue weighted by molar-refractivity contribution is -0.190. The van der Waals surface area contributed by atoms with Crippen molar-refractivity contribution in [3.63, 3.8) is 0 Å². The van der Waals surface area contributed by atoms with Crippen LogP contribution in [-0.4, -0.2) is 85.8 Å². The molecule has 0 aliphatic carbocycles. The topological polar surface area (TPSA) is 125 Å². The molecule has 2 saturated heterocycles. The molecule has 0 saturated carbocycles. The number of piperazine rings is 1. The molecule has 0 amide bonds. The van der Waals surface area contributed by atoms with Crippen LogP contribution in [0.1, 0.15) is 25.5 Å². The van der Waals surface area contributed by atoms with E-state index in [0.29, 0.717) is 28.8 Å². The van der Waals surface area contributed by atoms with Gasteiger partial charge in [0.25, 0.3) is 0 Å². The average Bonchev–Trinajstić information content (AvgIpc) is 3.88. The highest BCUT2D eigenvalue weighted by molar-refractivity contribution is 6.35. The molecular weight excluding hydrogens is 683 g/mol. The first-order chi connectivity index (χ1) is 24.2. The minimum absolute atomic E-state index is 0.261. The summed E-state index contributed by atoms with van der Waals surface area (Å²) in [6.45, 7) is 7.71. The summed E-state index contributed by atoms with van der Waals surface area (Å²) in [6, 6.07) is 20.8. The zero-order valence-corrected chi connectivity index (χ0v) is 29.2. The Morgan fingerprint density at radius 2 is 1.58 bits per heavy atom. The largest absolute Gasteiger partial charge is 0.491 e. The zero-order chi connectivity index (χ0) is 34.8. The van der Waals surface area contributed by atoms with Crippen LogP contribution in [0.5, 0.6) is 5.75 Å². The van der Waals surface area contributed by atoms with Gasteiger partial charge in [0.15, 0.2) is 0 Å². The van der Waals surface area contributed by atoms with Gasteiger partial charge in [0, 0.05) is 48.1 Å². The van der Waals surface area contributed by atoms with Crippen LogP contribution in [0.25, 0.3) is 5.69 Å². The third kappa shape index (κ3) is 7.10. The molecule has 0 spiro atoms. The Hall–Kier alpha value is -4.40. The van der Waals surface area contributed by atoms with Crippen LogP contribution in [0.2, 0.25) is 10.0 Å². The standard InChI is InChI=1S/C35H38Cl2N8O5/c1-24(25(2)46)45-34(47)44(23-40-45)29-6-4-27(5-7-29)41-13-15-42(16-14-41)28-8-10-30(11-9-28)48-18-31-19-49-35(50-31,20-43-22-38-21-39-43)32-12-3-26(36)17-33(32)37/h3-12,17,21-25,31,46H,13-16,18-20H2,1-2H3/t24-,25-,31-,35+/m0/s1. The van der Waals surface area contributed by atoms with Crippen molar-refractivity contribution in [3.8, 4) is 11.4 Å². The highest BCUT2D eigenvalue weighted by atomic mass is 35.5. The van der Waals surface area contributed by atoms with E-state index in [4.69, 9.17) is 37.4 Å². The van der Waals surface area contributed by atoms with Gasteiger partial charge in [-0.3, -0.25) is 0 Å². The first kappa shape index (κ1) is 34.1. The first-order valence-corrected chi connectivity index (χ1v) is 17.2. The van der Waals surface area contributed by atoms with Gasteiger partial charge in [-0.1, -0.05) is 29.3 Å². The third-order valence-corrected chi connectivity index (χ3v) is 9.77. The summed E-state index contributed by atoms with van der Waals surface area (Å²) in [7, 11) is 0. The fourth-order valence-electron chi connectivity index (χ4n) is 6.25. The minimum atomic E-state index is -1.17. The molecule has 7 rings (SSSR count). The molecule has 4 heterocycles. The fraction of sp³-hybridized carbons (Fsp3) is 0.371. The van der Waals surface area contributed by atoms with Gasteiger partial charge in [-0.2, -0.15) is 10.2 Å². The summed E-state index contributed by atoms with van der Waals surface area (Å²) in [5.41, 5.74) is 3.33. The van der Waals surface area contributed by atoms with E-state index in [1.165, 1.54) is 21.9 Å². The Morgan fingerprint density at radius 3 is 2.20 bits per heavy atom. The Bertz CT molecular complexity index is 1940. The van der Waals surface area contributed by atoms with E-state index in [0.717, 1.165) is 49.0 Å². The maximum absolute atomic E-state index is 12.8. The molecule has 2 aromatic heterocycles. The van der Waals surface area contributed by atoms with Crippen molar-refractivity contribution < 1.29 is 19.3 Å². The van der Waals surface area contributed by atoms with E-state index < -0.39 is 17.9 Å². The Balaban J connectivity index is 0.924. The molecule has 1 N–H and O–H groups in total. The van der Waals surface area contributed by atoms with Gasteiger partial charge in [-0.05, 0) is 74.5 Å². The van der Waals surface area contributed by atoms with Gasteiger partial charge in [-0.25, -0.2) is 23.7 Å². The number of halogens is 2. The molecule has 4 atom stereocenters. The van der Waals surface area contributed by atoms with Crippen molar-refractivity contribution in [2.75, 3.05) is 49.2 Å². The average molecular weight is 722 g/mol. The van der Waals surface area contributed by atoms with Crippen LogP contribution in [0, 0.1) is 0 Å². The zero-order valence-electron chi connectivity index (χ0n) is 27.7. The number of aromatic nitrogens is 6. The molecule has 0 radical (unpaired) electrons. The van der Waals surface area contributed by atoms with Crippen molar-refractivity contribution in [1.82, 2.24) is 29.1 Å². The number of aliphatic hydroxyl groups excluding tert-OH is 1. The molecule has 15 heteroatoms. The van der Waals surface area contributed by atoms with Crippen LogP contribution in [0.3, 0.4) is 0 Å². The molecule has 50 heavy (non-hydrogen) atoms. The minimum Gasteiger partial charge on any atom is -0.491 e. The summed E-state index contributed by atoms with van der Waals surface area (Å²) in [6.07, 6.45) is 3.53. The molecule has 0 bridgehead atoms. The maximum Gasteiger partial charge on any atom is 0.350 e. The Morgan fingerprint density at radius 1 is 0.920 bits per heavy atom. The summed E-state index contributed by atoms with van der Waals surface area (Å²) >= 11 is 12.7. The number of ether oxygens (including phenoxy) is 3. The first-order valence-electron chi connectivity index (χ1n) is 16.5. The van der Waals surface area contributed by atoms with Gasteiger partial charge < -0.3 is 29.1 Å². The van der Waals surface area contributed by atoms with E-state index in [-0.39, 0.29) is 18.3 Å². The molecule has 5 aromatic rings. The number of hydrogen-bond donors (Lipinski definition) is 1. The second-order valence-electron chi connectivity index (χ2n) is 12.5. The SMILES string of the molecule is C[C@H](O)[C@H](C)n1ncn(-c2ccc(N3CCN(c4ccc(OC[C@H]5CO[C@@](Cn6cncn6)(c6ccc(Cl)cc6Cl)O5)cc4)CC3)cc2)c1=O. The van der Waals surface area contributed by atoms with Crippen LogP contribution in [0.15, 0.2) is 90.5 Å². The highest BCUT2D eigenvalue weighted by Gasteiger charge is 2.45. The molecular formula is C35H38Cl2N8O5. The lowest BCUT2D eigenvalue weighted by atomic mass is 10.1. The van der Waals surface area contributed by atoms with Gasteiger partial charge in [-0.15, -0.1) is 0 Å². The second-order valence-corrected chi connectivity index (χ2v) is 13.4. The predicted octanol–water partition coefficient (Wildman–Crippen LogP) is 4.55. The van der Waals surface area contributed by atoms with Crippen LogP contribution < -0.4 is 20.2 Å². The summed E-state index contributed by atoms with van der Waals surface area (Å²) in [5.74, 6) is -0.432. The molecule has 2 aliphatic heterocycles. The number of nitrogens with zero attached hydrogens (tertiary/aromatic N) is 8. The fourth-order valence-corrected chi connectivity index (χ4v) is 6.80. The third-order valence-electron chi connectivity index (χ3n) is 9.23. The summed E-state index contributed by atoms with van der Waals surface area (Å²) in [5, 5.41) is 19.2. The summed E-state index contributed by atoms with van der Waals surface area (Å²) in [4.78, 5) is 21.6. The van der Waals surface area contributed by atoms with Crippen molar-refractivity contribution in [1.29, 1.82) is 0 Å². The van der Waals surface area contributed by atoms with Gasteiger partial charge >= 0.3 is 5.69 Å². The van der Waals surface area contributed by atoms with E-state index >= 15 is 0 Å². The highest BCUT2D eigenvalue weighted by Crippen LogP contribution is 2.40.